The number of alkyl halides is 2. The predicted molar refractivity (Wildman–Crippen MR) is 56.5 cm³/mol. The van der Waals surface area contributed by atoms with Crippen molar-refractivity contribution in [3.05, 3.63) is 29.6 Å². The largest absolute Gasteiger partial charge is 0.508 e. The van der Waals surface area contributed by atoms with E-state index in [0.717, 1.165) is 12.1 Å². The molecule has 1 unspecified atom stereocenters. The Morgan fingerprint density at radius 1 is 1.41 bits per heavy atom. The minimum absolute atomic E-state index is 0.294. The fourth-order valence-electron chi connectivity index (χ4n) is 1.35. The van der Waals surface area contributed by atoms with Gasteiger partial charge in [0.05, 0.1) is 6.54 Å². The number of benzene rings is 1. The van der Waals surface area contributed by atoms with Crippen molar-refractivity contribution in [1.29, 1.82) is 0 Å². The average Bonchev–Trinajstić information content (AvgIpc) is 2.26. The van der Waals surface area contributed by atoms with Gasteiger partial charge < -0.3 is 15.5 Å². The van der Waals surface area contributed by atoms with Gasteiger partial charge in [-0.3, -0.25) is 0 Å². The smallest absolute Gasteiger partial charge is 0.282 e. The number of phenols is 1. The second-order valence-electron chi connectivity index (χ2n) is 3.82. The molecule has 0 aliphatic heterocycles. The van der Waals surface area contributed by atoms with Gasteiger partial charge in [-0.2, -0.15) is 0 Å². The topological polar surface area (TPSA) is 52.5 Å². The molecule has 0 amide bonds. The summed E-state index contributed by atoms with van der Waals surface area (Å²) in [6, 6.07) is 2.79. The first-order valence-corrected chi connectivity index (χ1v) is 5.06. The van der Waals surface area contributed by atoms with Crippen LogP contribution in [0.25, 0.3) is 0 Å². The summed E-state index contributed by atoms with van der Waals surface area (Å²) >= 11 is 0. The predicted octanol–water partition coefficient (Wildman–Crippen LogP) is 1.81. The third kappa shape index (κ3) is 3.90. The van der Waals surface area contributed by atoms with E-state index in [0.29, 0.717) is 5.56 Å². The van der Waals surface area contributed by atoms with Crippen molar-refractivity contribution >= 4 is 0 Å². The maximum absolute atomic E-state index is 12.8. The van der Waals surface area contributed by atoms with E-state index in [9.17, 15) is 18.3 Å². The molecule has 0 saturated heterocycles. The molecule has 3 nitrogen and oxygen atoms in total. The number of aliphatic hydroxyl groups is 1. The third-order valence-corrected chi connectivity index (χ3v) is 2.36. The van der Waals surface area contributed by atoms with Gasteiger partial charge in [0.2, 0.25) is 0 Å². The molecule has 1 aromatic rings. The van der Waals surface area contributed by atoms with Gasteiger partial charge in [0.25, 0.3) is 5.92 Å². The van der Waals surface area contributed by atoms with Crippen LogP contribution in [-0.4, -0.2) is 29.3 Å². The standard InChI is InChI=1S/C11H14F3NO2/c1-7(15-5-11(13,14)6-16)9-3-2-8(12)4-10(9)17/h2-4,7,15-17H,5-6H2,1H3. The third-order valence-electron chi connectivity index (χ3n) is 2.36. The molecule has 17 heavy (non-hydrogen) atoms. The van der Waals surface area contributed by atoms with Gasteiger partial charge in [0.15, 0.2) is 0 Å². The van der Waals surface area contributed by atoms with Crippen molar-refractivity contribution in [3.63, 3.8) is 0 Å². The Labute approximate surface area is 96.9 Å². The molecule has 0 fully saturated rings. The maximum atomic E-state index is 12.8. The first-order chi connectivity index (χ1) is 7.85. The van der Waals surface area contributed by atoms with E-state index in [1.165, 1.54) is 6.07 Å². The number of aromatic hydroxyl groups is 1. The lowest BCUT2D eigenvalue weighted by atomic mass is 10.1. The molecule has 0 bridgehead atoms. The summed E-state index contributed by atoms with van der Waals surface area (Å²) in [7, 11) is 0. The van der Waals surface area contributed by atoms with Crippen molar-refractivity contribution in [3.8, 4) is 5.75 Å². The molecule has 0 aliphatic rings. The highest BCUT2D eigenvalue weighted by molar-refractivity contribution is 5.34. The van der Waals surface area contributed by atoms with Crippen LogP contribution >= 0.6 is 0 Å². The van der Waals surface area contributed by atoms with Gasteiger partial charge in [-0.25, -0.2) is 13.2 Å². The molecule has 0 spiro atoms. The summed E-state index contributed by atoms with van der Waals surface area (Å²) in [5.74, 6) is -4.11. The average molecular weight is 249 g/mol. The highest BCUT2D eigenvalue weighted by atomic mass is 19.3. The van der Waals surface area contributed by atoms with E-state index < -0.39 is 30.9 Å². The van der Waals surface area contributed by atoms with Crippen molar-refractivity contribution in [1.82, 2.24) is 5.32 Å². The molecule has 3 N–H and O–H groups in total. The van der Waals surface area contributed by atoms with Crippen LogP contribution in [0.15, 0.2) is 18.2 Å². The minimum atomic E-state index is -3.22. The van der Waals surface area contributed by atoms with E-state index in [1.807, 2.05) is 0 Å². The zero-order chi connectivity index (χ0) is 13.1. The number of nitrogens with one attached hydrogen (secondary N) is 1. The summed E-state index contributed by atoms with van der Waals surface area (Å²) in [5, 5.41) is 20.3. The van der Waals surface area contributed by atoms with Crippen LogP contribution in [0.5, 0.6) is 5.75 Å². The van der Waals surface area contributed by atoms with E-state index in [-0.39, 0.29) is 5.75 Å². The van der Waals surface area contributed by atoms with Crippen molar-refractivity contribution in [2.24, 2.45) is 0 Å². The quantitative estimate of drug-likeness (QED) is 0.746. The molecule has 0 radical (unpaired) electrons. The summed E-state index contributed by atoms with van der Waals surface area (Å²) in [5.41, 5.74) is 0.320. The van der Waals surface area contributed by atoms with Crippen LogP contribution in [0.3, 0.4) is 0 Å². The Morgan fingerprint density at radius 2 is 2.06 bits per heavy atom. The highest BCUT2D eigenvalue weighted by Gasteiger charge is 2.28. The van der Waals surface area contributed by atoms with E-state index in [2.05, 4.69) is 5.32 Å². The fourth-order valence-corrected chi connectivity index (χ4v) is 1.35. The molecule has 0 aromatic heterocycles. The van der Waals surface area contributed by atoms with Crippen molar-refractivity contribution in [2.75, 3.05) is 13.2 Å². The number of hydrogen-bond donors (Lipinski definition) is 3. The number of hydrogen-bond acceptors (Lipinski definition) is 3. The van der Waals surface area contributed by atoms with Crippen LogP contribution < -0.4 is 5.32 Å². The van der Waals surface area contributed by atoms with E-state index in [4.69, 9.17) is 5.11 Å². The van der Waals surface area contributed by atoms with Gasteiger partial charge in [0, 0.05) is 17.7 Å². The van der Waals surface area contributed by atoms with Crippen molar-refractivity contribution < 1.29 is 23.4 Å². The normalized spacial score (nSPS) is 13.7. The van der Waals surface area contributed by atoms with Crippen LogP contribution in [0.1, 0.15) is 18.5 Å². The minimum Gasteiger partial charge on any atom is -0.508 e. The Morgan fingerprint density at radius 3 is 2.59 bits per heavy atom. The highest BCUT2D eigenvalue weighted by Crippen LogP contribution is 2.25. The van der Waals surface area contributed by atoms with Gasteiger partial charge >= 0.3 is 0 Å². The van der Waals surface area contributed by atoms with Crippen LogP contribution in [0.2, 0.25) is 0 Å². The number of phenolic OH excluding ortho intramolecular Hbond substituents is 1. The summed E-state index contributed by atoms with van der Waals surface area (Å²) in [6.45, 7) is -0.413. The molecular formula is C11H14F3NO2. The first kappa shape index (κ1) is 13.8. The number of rotatable bonds is 5. The first-order valence-electron chi connectivity index (χ1n) is 5.06. The molecule has 0 aliphatic carbocycles. The number of aliphatic hydroxyl groups excluding tert-OH is 1. The summed E-state index contributed by atoms with van der Waals surface area (Å²) in [6.07, 6.45) is 0. The van der Waals surface area contributed by atoms with E-state index >= 15 is 0 Å². The van der Waals surface area contributed by atoms with Gasteiger partial charge in [-0.15, -0.1) is 0 Å². The molecule has 0 heterocycles. The summed E-state index contributed by atoms with van der Waals surface area (Å²) < 4.78 is 38.2. The lowest BCUT2D eigenvalue weighted by Gasteiger charge is -2.19. The molecule has 6 heteroatoms. The van der Waals surface area contributed by atoms with Crippen LogP contribution in [0.4, 0.5) is 13.2 Å². The number of halogens is 3. The van der Waals surface area contributed by atoms with Gasteiger partial charge in [0.1, 0.15) is 18.2 Å². The SMILES string of the molecule is CC(NCC(F)(F)CO)c1ccc(F)cc1O. The summed E-state index contributed by atoms with van der Waals surface area (Å²) in [4.78, 5) is 0. The molecular weight excluding hydrogens is 235 g/mol. The Hall–Kier alpha value is -1.27. The fraction of sp³-hybridized carbons (Fsp3) is 0.455. The Kier molecular flexibility index (Phi) is 4.36. The molecule has 1 aromatic carbocycles. The maximum Gasteiger partial charge on any atom is 0.282 e. The Balaban J connectivity index is 2.67. The lowest BCUT2D eigenvalue weighted by molar-refractivity contribution is -0.0491. The molecule has 1 rings (SSSR count). The lowest BCUT2D eigenvalue weighted by Crippen LogP contribution is -2.37. The van der Waals surface area contributed by atoms with Gasteiger partial charge in [-0.05, 0) is 13.0 Å². The monoisotopic (exact) mass is 249 g/mol. The van der Waals surface area contributed by atoms with Crippen LogP contribution in [0, 0.1) is 5.82 Å². The molecule has 0 saturated carbocycles. The molecule has 1 atom stereocenters. The second kappa shape index (κ2) is 5.37. The van der Waals surface area contributed by atoms with Crippen molar-refractivity contribution in [2.45, 2.75) is 18.9 Å². The van der Waals surface area contributed by atoms with Crippen LogP contribution in [-0.2, 0) is 0 Å². The van der Waals surface area contributed by atoms with Gasteiger partial charge in [-0.1, -0.05) is 6.07 Å². The molecule has 96 valence electrons. The second-order valence-corrected chi connectivity index (χ2v) is 3.82. The Bertz CT molecular complexity index is 385. The zero-order valence-corrected chi connectivity index (χ0v) is 9.25. The van der Waals surface area contributed by atoms with E-state index in [1.54, 1.807) is 6.92 Å². The zero-order valence-electron chi connectivity index (χ0n) is 9.25.